The van der Waals surface area contributed by atoms with Crippen molar-refractivity contribution in [2.24, 2.45) is 7.05 Å². The highest BCUT2D eigenvalue weighted by molar-refractivity contribution is 6.07. The van der Waals surface area contributed by atoms with Gasteiger partial charge in [-0.25, -0.2) is 4.98 Å². The minimum atomic E-state index is -0.0962. The summed E-state index contributed by atoms with van der Waals surface area (Å²) in [4.78, 5) is 20.0. The highest BCUT2D eigenvalue weighted by atomic mass is 16.5. The van der Waals surface area contributed by atoms with Gasteiger partial charge in [-0.1, -0.05) is 18.2 Å². The number of aromatic nitrogens is 3. The van der Waals surface area contributed by atoms with Crippen LogP contribution in [0.2, 0.25) is 0 Å². The smallest absolute Gasteiger partial charge is 0.254 e. The molecule has 7 nitrogen and oxygen atoms in total. The fourth-order valence-corrected chi connectivity index (χ4v) is 4.21. The molecule has 5 rings (SSSR count). The first kappa shape index (κ1) is 20.8. The third-order valence-corrected chi connectivity index (χ3v) is 5.85. The highest BCUT2D eigenvalue weighted by Gasteiger charge is 2.22. The molecule has 0 atom stereocenters. The second-order valence-electron chi connectivity index (χ2n) is 8.15. The van der Waals surface area contributed by atoms with Crippen molar-refractivity contribution in [3.05, 3.63) is 77.7 Å². The third-order valence-electron chi connectivity index (χ3n) is 5.85. The molecule has 0 unspecified atom stereocenters. The van der Waals surface area contributed by atoms with E-state index in [0.29, 0.717) is 29.2 Å². The van der Waals surface area contributed by atoms with Crippen LogP contribution in [0.4, 0.5) is 0 Å². The van der Waals surface area contributed by atoms with E-state index in [0.717, 1.165) is 33.2 Å². The molecule has 0 saturated heterocycles. The molecule has 0 aliphatic rings. The van der Waals surface area contributed by atoms with Crippen LogP contribution in [0.5, 0.6) is 5.75 Å². The molecule has 0 aliphatic carbocycles. The van der Waals surface area contributed by atoms with Crippen molar-refractivity contribution < 1.29 is 13.9 Å². The van der Waals surface area contributed by atoms with Crippen LogP contribution >= 0.6 is 0 Å². The van der Waals surface area contributed by atoms with Crippen LogP contribution in [0.3, 0.4) is 0 Å². The minimum absolute atomic E-state index is 0.0962. The van der Waals surface area contributed by atoms with E-state index in [1.54, 1.807) is 35.1 Å². The van der Waals surface area contributed by atoms with Crippen LogP contribution in [0.1, 0.15) is 21.6 Å². The van der Waals surface area contributed by atoms with E-state index in [9.17, 15) is 4.79 Å². The molecule has 0 spiro atoms. The number of rotatable bonds is 5. The number of ether oxygens (including phenoxy) is 1. The Bertz CT molecular complexity index is 1490. The lowest BCUT2D eigenvalue weighted by molar-refractivity contribution is 0.0787. The van der Waals surface area contributed by atoms with Gasteiger partial charge in [-0.3, -0.25) is 9.48 Å². The molecule has 0 radical (unpaired) electrons. The van der Waals surface area contributed by atoms with Gasteiger partial charge in [0.05, 0.1) is 30.0 Å². The van der Waals surface area contributed by atoms with Gasteiger partial charge in [-0.2, -0.15) is 5.10 Å². The largest absolute Gasteiger partial charge is 0.497 e. The topological polar surface area (TPSA) is 73.4 Å². The van der Waals surface area contributed by atoms with Crippen LogP contribution in [0.15, 0.2) is 65.3 Å². The Morgan fingerprint density at radius 3 is 2.67 bits per heavy atom. The Hall–Kier alpha value is -4.13. The molecule has 5 aromatic rings. The summed E-state index contributed by atoms with van der Waals surface area (Å²) in [5, 5.41) is 7.44. The van der Waals surface area contributed by atoms with Gasteiger partial charge in [0, 0.05) is 20.6 Å². The lowest BCUT2D eigenvalue weighted by Gasteiger charge is -2.19. The molecule has 3 aromatic heterocycles. The monoisotopic (exact) mass is 440 g/mol. The van der Waals surface area contributed by atoms with Crippen LogP contribution in [0.25, 0.3) is 33.3 Å². The van der Waals surface area contributed by atoms with Gasteiger partial charge >= 0.3 is 0 Å². The number of furan rings is 1. The van der Waals surface area contributed by atoms with Crippen molar-refractivity contribution in [3.63, 3.8) is 0 Å². The zero-order chi connectivity index (χ0) is 23.1. The number of benzene rings is 2. The second-order valence-corrected chi connectivity index (χ2v) is 8.15. The van der Waals surface area contributed by atoms with Crippen molar-refractivity contribution >= 4 is 27.7 Å². The Balaban J connectivity index is 1.51. The molecule has 33 heavy (non-hydrogen) atoms. The molecule has 7 heteroatoms. The second kappa shape index (κ2) is 8.09. The summed E-state index contributed by atoms with van der Waals surface area (Å²) in [7, 11) is 5.30. The quantitative estimate of drug-likeness (QED) is 0.386. The van der Waals surface area contributed by atoms with Crippen molar-refractivity contribution in [2.45, 2.75) is 13.5 Å². The molecule has 0 saturated carbocycles. The summed E-state index contributed by atoms with van der Waals surface area (Å²) in [6, 6.07) is 17.6. The average molecular weight is 441 g/mol. The van der Waals surface area contributed by atoms with E-state index in [4.69, 9.17) is 14.1 Å². The summed E-state index contributed by atoms with van der Waals surface area (Å²) in [6.07, 6.45) is 1.60. The molecular formula is C26H24N4O3. The maximum Gasteiger partial charge on any atom is 0.254 e. The van der Waals surface area contributed by atoms with Gasteiger partial charge in [0.2, 0.25) is 0 Å². The number of carbonyl (C=O) groups is 1. The fraction of sp³-hybridized carbons (Fsp3) is 0.192. The van der Waals surface area contributed by atoms with Gasteiger partial charge in [-0.15, -0.1) is 0 Å². The van der Waals surface area contributed by atoms with Gasteiger partial charge < -0.3 is 14.1 Å². The number of amides is 1. The van der Waals surface area contributed by atoms with Crippen LogP contribution in [0, 0.1) is 6.92 Å². The van der Waals surface area contributed by atoms with E-state index >= 15 is 0 Å². The standard InChI is InChI=1S/C26H24N4O3/c1-16-24-21(14-22(23-6-5-11-33-23)27-25(24)30(3)28-16)26(31)29(2)15-17-7-8-19-13-20(32-4)10-9-18(19)12-17/h5-14H,15H2,1-4H3. The molecule has 3 heterocycles. The number of fused-ring (bicyclic) bond motifs is 2. The van der Waals surface area contributed by atoms with E-state index in [1.807, 2.05) is 51.4 Å². The Kier molecular flexibility index (Phi) is 5.09. The van der Waals surface area contributed by atoms with Crippen molar-refractivity contribution in [2.75, 3.05) is 14.2 Å². The first-order valence-corrected chi connectivity index (χ1v) is 10.6. The third kappa shape index (κ3) is 3.71. The van der Waals surface area contributed by atoms with Crippen molar-refractivity contribution in [1.82, 2.24) is 19.7 Å². The Labute approximate surface area is 191 Å². The normalized spacial score (nSPS) is 11.3. The summed E-state index contributed by atoms with van der Waals surface area (Å²) in [5.41, 5.74) is 3.63. The number of hydrogen-bond donors (Lipinski definition) is 0. The zero-order valence-electron chi connectivity index (χ0n) is 19.0. The minimum Gasteiger partial charge on any atom is -0.497 e. The maximum atomic E-state index is 13.6. The summed E-state index contributed by atoms with van der Waals surface area (Å²) in [6.45, 7) is 2.37. The Morgan fingerprint density at radius 1 is 1.12 bits per heavy atom. The zero-order valence-corrected chi connectivity index (χ0v) is 19.0. The van der Waals surface area contributed by atoms with Gasteiger partial charge in [0.15, 0.2) is 11.4 Å². The molecule has 166 valence electrons. The average Bonchev–Trinajstić information content (AvgIpc) is 3.46. The molecule has 0 aliphatic heterocycles. The van der Waals surface area contributed by atoms with Crippen LogP contribution in [-0.2, 0) is 13.6 Å². The summed E-state index contributed by atoms with van der Waals surface area (Å²) >= 11 is 0. The maximum absolute atomic E-state index is 13.6. The lowest BCUT2D eigenvalue weighted by atomic mass is 10.0. The number of hydrogen-bond acceptors (Lipinski definition) is 5. The molecule has 0 bridgehead atoms. The van der Waals surface area contributed by atoms with Crippen molar-refractivity contribution in [3.8, 4) is 17.2 Å². The predicted molar refractivity (Wildman–Crippen MR) is 127 cm³/mol. The van der Waals surface area contributed by atoms with Crippen LogP contribution in [-0.4, -0.2) is 39.7 Å². The SMILES string of the molecule is COc1ccc2cc(CN(C)C(=O)c3cc(-c4ccco4)nc4c3c(C)nn4C)ccc2c1. The molecule has 2 aromatic carbocycles. The highest BCUT2D eigenvalue weighted by Crippen LogP contribution is 2.28. The van der Waals surface area contributed by atoms with Gasteiger partial charge in [0.25, 0.3) is 5.91 Å². The van der Waals surface area contributed by atoms with E-state index in [-0.39, 0.29) is 5.91 Å². The van der Waals surface area contributed by atoms with Gasteiger partial charge in [0.1, 0.15) is 11.4 Å². The van der Waals surface area contributed by atoms with Crippen molar-refractivity contribution in [1.29, 1.82) is 0 Å². The lowest BCUT2D eigenvalue weighted by Crippen LogP contribution is -2.26. The first-order chi connectivity index (χ1) is 15.9. The van der Waals surface area contributed by atoms with E-state index in [1.165, 1.54) is 0 Å². The first-order valence-electron chi connectivity index (χ1n) is 10.6. The van der Waals surface area contributed by atoms with Gasteiger partial charge in [-0.05, 0) is 59.7 Å². The number of methoxy groups -OCH3 is 1. The molecular weight excluding hydrogens is 416 g/mol. The summed E-state index contributed by atoms with van der Waals surface area (Å²) < 4.78 is 12.5. The summed E-state index contributed by atoms with van der Waals surface area (Å²) in [5.74, 6) is 1.34. The fourth-order valence-electron chi connectivity index (χ4n) is 4.21. The van der Waals surface area contributed by atoms with Crippen LogP contribution < -0.4 is 4.74 Å². The molecule has 0 N–H and O–H groups in total. The number of pyridine rings is 1. The molecule has 1 amide bonds. The number of carbonyl (C=O) groups excluding carboxylic acids is 1. The predicted octanol–water partition coefficient (Wildman–Crippen LogP) is 4.97. The molecule has 0 fully saturated rings. The number of nitrogens with zero attached hydrogens (tertiary/aromatic N) is 4. The van der Waals surface area contributed by atoms with E-state index < -0.39 is 0 Å². The number of aryl methyl sites for hydroxylation is 2. The Morgan fingerprint density at radius 2 is 1.91 bits per heavy atom. The van der Waals surface area contributed by atoms with E-state index in [2.05, 4.69) is 17.2 Å².